The highest BCUT2D eigenvalue weighted by molar-refractivity contribution is 5.82. The van der Waals surface area contributed by atoms with Crippen molar-refractivity contribution in [3.05, 3.63) is 56.1 Å². The second-order valence-electron chi connectivity index (χ2n) is 27.6. The number of alkyl halides is 34. The van der Waals surface area contributed by atoms with Crippen molar-refractivity contribution in [2.45, 2.75) is 232 Å². The number of imidazole rings is 2. The van der Waals surface area contributed by atoms with E-state index in [1.165, 1.54) is 27.7 Å². The summed E-state index contributed by atoms with van der Waals surface area (Å²) in [5.74, 6) is -115. The number of esters is 1. The molecule has 0 aromatic carbocycles. The first-order valence-corrected chi connectivity index (χ1v) is 31.9. The van der Waals surface area contributed by atoms with Gasteiger partial charge in [0.15, 0.2) is 22.3 Å². The lowest BCUT2D eigenvalue weighted by atomic mass is 9.90. The number of nitrogens with zero attached hydrogens (tertiary/aromatic N) is 8. The molecule has 0 fully saturated rings. The van der Waals surface area contributed by atoms with Gasteiger partial charge in [-0.3, -0.25) is 29.4 Å². The molecule has 65 heteroatoms. The lowest BCUT2D eigenvalue weighted by Gasteiger charge is -2.42. The van der Waals surface area contributed by atoms with Gasteiger partial charge in [0.1, 0.15) is 40.7 Å². The summed E-state index contributed by atoms with van der Waals surface area (Å²) < 4.78 is 486. The number of H-pyrrole nitrogens is 2. The third kappa shape index (κ3) is 21.6. The van der Waals surface area contributed by atoms with Crippen molar-refractivity contribution in [3.63, 3.8) is 0 Å². The maximum atomic E-state index is 14.7. The van der Waals surface area contributed by atoms with Gasteiger partial charge in [0.25, 0.3) is 11.1 Å². The predicted octanol–water partition coefficient (Wildman–Crippen LogP) is 11.6. The Morgan fingerprint density at radius 3 is 1.05 bits per heavy atom. The van der Waals surface area contributed by atoms with Crippen LogP contribution in [0.1, 0.15) is 81.6 Å². The number of carbonyl (C=O) groups is 6. The minimum absolute atomic E-state index is 0.0000803. The number of hydrogen-bond donors (Lipinski definition) is 10. The van der Waals surface area contributed by atoms with Gasteiger partial charge >= 0.3 is 137 Å². The molecule has 0 aliphatic carbocycles. The summed E-state index contributed by atoms with van der Waals surface area (Å²) in [5, 5.41) is 23.6. The van der Waals surface area contributed by atoms with E-state index in [9.17, 15) is 198 Å². The number of hydrogen-bond acceptors (Lipinski definition) is 21. The van der Waals surface area contributed by atoms with E-state index in [1.807, 2.05) is 0 Å². The van der Waals surface area contributed by atoms with Crippen LogP contribution in [0.5, 0.6) is 0 Å². The number of carboxylic acids is 2. The molecule has 0 aliphatic heterocycles. The summed E-state index contributed by atoms with van der Waals surface area (Å²) in [6, 6.07) is -11.9. The lowest BCUT2D eigenvalue weighted by molar-refractivity contribution is -0.474. The van der Waals surface area contributed by atoms with Gasteiger partial charge in [-0.2, -0.15) is 164 Å². The molecule has 5 aromatic heterocycles. The third-order valence-electron chi connectivity index (χ3n) is 14.7. The molecule has 694 valence electrons. The minimum atomic E-state index is -9.20. The van der Waals surface area contributed by atoms with Crippen molar-refractivity contribution in [2.24, 2.45) is 0 Å². The Kier molecular flexibility index (Phi) is 29.8. The number of fused-ring (bicyclic) bond motifs is 2. The molecule has 5 aromatic rings. The number of ether oxygens (including phenoxy) is 4. The molecule has 0 spiro atoms. The first kappa shape index (κ1) is 105. The molecule has 0 aliphatic rings. The number of anilines is 3. The van der Waals surface area contributed by atoms with Gasteiger partial charge in [0.05, 0.1) is 12.7 Å². The molecule has 5 rings (SSSR count). The van der Waals surface area contributed by atoms with Crippen LogP contribution in [-0.4, -0.2) is 225 Å². The Balaban J connectivity index is 0.000000653. The molecule has 0 bridgehead atoms. The molecular weight excluding hydrogens is 1790 g/mol. The molecule has 3 atom stereocenters. The van der Waals surface area contributed by atoms with Crippen LogP contribution < -0.4 is 49.5 Å². The highest BCUT2D eigenvalue weighted by atomic mass is 19.4. The average molecular weight is 1850 g/mol. The maximum absolute atomic E-state index is 14.7. The first-order valence-electron chi connectivity index (χ1n) is 31.9. The van der Waals surface area contributed by atoms with Crippen LogP contribution in [0.2, 0.25) is 0 Å². The summed E-state index contributed by atoms with van der Waals surface area (Å²) >= 11 is 0. The Bertz CT molecular complexity index is 4800. The SMILES string of the molecule is CC(C)(C)OC(=O)N[C@@H](CCn1ccc(N)nc1=O)C(=O)O.CC(C)(C)OC(=O)N[C@@H](CCn1cnc2c(=O)[nH]c(N)nc21)C(=O)O.CC(C)(C)OC(=O)N[C@@H](CCn1cnc2c(=O)[nH]c(NC(F)(F)C(F)(F)C(F)(F)C(F)(F)C(F)(F)C(F)(F)C(F)(F)C(F)(F)F)nc21)C(=O)OC(F)(F)C(F)(F)C(F)(F)C(F)(F)C(F)(F)C(F)(F)C(F)(F)C(F)(F)F. The van der Waals surface area contributed by atoms with Gasteiger partial charge in [-0.15, -0.1) is 0 Å². The molecule has 122 heavy (non-hydrogen) atoms. The lowest BCUT2D eigenvalue weighted by Crippen LogP contribution is -2.75. The number of aromatic amines is 2. The standard InChI is InChI=1S/C30H18F34N6O5.C14H20N6O5.C13H20N4O5/c1-14(2,3)75-13(73)66-7(11(72)74-30(63,64)26(53,54)22(45,46)18(37,38)16(33,34)20(41,42)24(49,50)28(58,59)60)4-5-70-6-65-8-9(70)67-12(68-10(8)71)69-29(61,62)25(51,52)21(43,44)17(35,36)15(31,32)19(39,40)23(47,48)27(55,56)57;1-14(2,3)25-13(24)17-7(11(22)23)4-5-20-6-16-8-9(20)18-12(15)19-10(8)21;1-13(2,3)22-12(21)15-8(10(18)19)4-6-17-7-5-9(14)16-11(17)20/h6-7H,4-5H2,1-3H3,(H,66,73)(H2,67,68,69,71);6-7H,4-5H2,1-3H3,(H,17,24)(H,22,23)(H3,15,18,19,21);5,7-8H,4,6H2,1-3H3,(H,15,21)(H,18,19)(H2,14,16,20)/t2*7-;8-/m000/s1. The molecule has 0 radical (unpaired) electrons. The predicted molar refractivity (Wildman–Crippen MR) is 333 cm³/mol. The highest BCUT2D eigenvalue weighted by Crippen LogP contribution is 2.66. The van der Waals surface area contributed by atoms with Crippen LogP contribution in [-0.2, 0) is 53.0 Å². The number of alkyl carbamates (subject to hydrolysis) is 3. The number of nitrogen functional groups attached to an aromatic ring is 2. The van der Waals surface area contributed by atoms with Crippen molar-refractivity contribution in [1.82, 2.24) is 64.5 Å². The zero-order chi connectivity index (χ0) is 95.9. The van der Waals surface area contributed by atoms with E-state index >= 15 is 0 Å². The van der Waals surface area contributed by atoms with Crippen molar-refractivity contribution in [1.29, 1.82) is 0 Å². The number of nitrogens with one attached hydrogen (secondary N) is 6. The number of aliphatic carboxylic acids is 2. The van der Waals surface area contributed by atoms with Crippen LogP contribution in [0, 0.1) is 0 Å². The highest BCUT2D eigenvalue weighted by Gasteiger charge is 2.97. The smallest absolute Gasteiger partial charge is 0.473 e. The van der Waals surface area contributed by atoms with Gasteiger partial charge in [-0.25, -0.2) is 43.5 Å². The largest absolute Gasteiger partial charge is 0.480 e. The summed E-state index contributed by atoms with van der Waals surface area (Å²) in [4.78, 5) is 127. The van der Waals surface area contributed by atoms with E-state index in [1.54, 1.807) is 41.5 Å². The number of halogens is 34. The molecule has 0 saturated heterocycles. The van der Waals surface area contributed by atoms with Crippen molar-refractivity contribution in [2.75, 3.05) is 16.8 Å². The molecule has 0 unspecified atom stereocenters. The summed E-state index contributed by atoms with van der Waals surface area (Å²) in [7, 11) is 0. The minimum Gasteiger partial charge on any atom is -0.480 e. The molecule has 0 saturated carbocycles. The van der Waals surface area contributed by atoms with E-state index in [0.29, 0.717) is 0 Å². The van der Waals surface area contributed by atoms with Crippen LogP contribution in [0.4, 0.5) is 181 Å². The third-order valence-corrected chi connectivity index (χ3v) is 14.7. The number of carbonyl (C=O) groups excluding carboxylic acids is 4. The van der Waals surface area contributed by atoms with E-state index in [-0.39, 0.29) is 59.8 Å². The van der Waals surface area contributed by atoms with E-state index in [4.69, 9.17) is 26.0 Å². The van der Waals surface area contributed by atoms with Gasteiger partial charge in [0, 0.05) is 25.8 Å². The van der Waals surface area contributed by atoms with E-state index in [0.717, 1.165) is 31.1 Å². The maximum Gasteiger partial charge on any atom is 0.473 e. The fraction of sp³-hybridized carbons (Fsp3) is 0.649. The fourth-order valence-corrected chi connectivity index (χ4v) is 8.64. The van der Waals surface area contributed by atoms with E-state index < -0.39 is 219 Å². The first-order chi connectivity index (χ1) is 54.1. The van der Waals surface area contributed by atoms with E-state index in [2.05, 4.69) is 50.0 Å². The van der Waals surface area contributed by atoms with Crippen LogP contribution in [0.25, 0.3) is 22.3 Å². The average Bonchev–Trinajstić information content (AvgIpc) is 0.878. The second-order valence-corrected chi connectivity index (χ2v) is 27.6. The number of carboxylic acid groups (broad SMARTS) is 2. The van der Waals surface area contributed by atoms with Gasteiger partial charge in [-0.1, -0.05) is 0 Å². The number of nitrogens with two attached hydrogens (primary N) is 2. The number of aryl methyl sites for hydroxylation is 3. The van der Waals surface area contributed by atoms with Crippen LogP contribution in [0.15, 0.2) is 39.3 Å². The van der Waals surface area contributed by atoms with Crippen molar-refractivity contribution < 1.29 is 207 Å². The van der Waals surface area contributed by atoms with Crippen LogP contribution in [0.3, 0.4) is 0 Å². The van der Waals surface area contributed by atoms with Gasteiger partial charge in [0.2, 0.25) is 11.9 Å². The normalized spacial score (nSPS) is 14.7. The van der Waals surface area contributed by atoms with Crippen LogP contribution >= 0.6 is 0 Å². The summed E-state index contributed by atoms with van der Waals surface area (Å²) in [6.07, 6.45) is -27.2. The Hall–Kier alpha value is -11.2. The molecule has 12 N–H and O–H groups in total. The van der Waals surface area contributed by atoms with Gasteiger partial charge in [-0.05, 0) is 87.6 Å². The number of rotatable bonds is 30. The Morgan fingerprint density at radius 1 is 0.410 bits per heavy atom. The molecule has 31 nitrogen and oxygen atoms in total. The number of aromatic nitrogens is 10. The monoisotopic (exact) mass is 1850 g/mol. The topological polar surface area (TPSA) is 442 Å². The Morgan fingerprint density at radius 2 is 0.713 bits per heavy atom. The van der Waals surface area contributed by atoms with Crippen molar-refractivity contribution in [3.8, 4) is 0 Å². The summed E-state index contributed by atoms with van der Waals surface area (Å²) in [5.41, 5.74) is 1.45. The van der Waals surface area contributed by atoms with Crippen molar-refractivity contribution >= 4 is 76.2 Å². The molecular formula is C57H58F34N16O15. The zero-order valence-corrected chi connectivity index (χ0v) is 61.6. The molecule has 5 heterocycles. The zero-order valence-electron chi connectivity index (χ0n) is 61.6. The summed E-state index contributed by atoms with van der Waals surface area (Å²) in [6.45, 7) is 11.2. The Labute approximate surface area is 651 Å². The number of amides is 3. The second kappa shape index (κ2) is 34.6. The molecule has 3 amide bonds. The fourth-order valence-electron chi connectivity index (χ4n) is 8.64. The quantitative estimate of drug-likeness (QED) is 0.00883. The van der Waals surface area contributed by atoms with Gasteiger partial charge < -0.3 is 65.7 Å².